The van der Waals surface area contributed by atoms with Crippen LogP contribution in [0.3, 0.4) is 0 Å². The molecule has 0 amide bonds. The molecule has 0 unspecified atom stereocenters. The van der Waals surface area contributed by atoms with Gasteiger partial charge in [-0.25, -0.2) is 0 Å². The second-order valence-electron chi connectivity index (χ2n) is 3.86. The maximum absolute atomic E-state index is 11.9. The van der Waals surface area contributed by atoms with Crippen molar-refractivity contribution < 1.29 is 4.79 Å². The van der Waals surface area contributed by atoms with Crippen LogP contribution in [0.5, 0.6) is 0 Å². The first-order valence-corrected chi connectivity index (χ1v) is 6.48. The Morgan fingerprint density at radius 3 is 2.87 bits per heavy atom. The fraction of sp³-hybridized carbons (Fsp3) is 0.545. The monoisotopic (exact) mass is 243 g/mol. The Bertz CT molecular complexity index is 344. The molecule has 1 aromatic heterocycles. The van der Waals surface area contributed by atoms with Crippen molar-refractivity contribution in [2.24, 2.45) is 5.92 Å². The Labute approximate surface area is 98.6 Å². The van der Waals surface area contributed by atoms with Gasteiger partial charge >= 0.3 is 0 Å². The first-order chi connectivity index (χ1) is 7.27. The Hall–Kier alpha value is -0.380. The highest BCUT2D eigenvalue weighted by Crippen LogP contribution is 2.25. The molecule has 15 heavy (non-hydrogen) atoms. The quantitative estimate of drug-likeness (QED) is 0.884. The summed E-state index contributed by atoms with van der Waals surface area (Å²) in [5.74, 6) is 0.588. The van der Waals surface area contributed by atoms with Crippen LogP contribution in [0.25, 0.3) is 0 Å². The number of piperidine rings is 1. The van der Waals surface area contributed by atoms with Crippen molar-refractivity contribution in [3.8, 4) is 0 Å². The van der Waals surface area contributed by atoms with Crippen LogP contribution in [0.4, 0.5) is 0 Å². The summed E-state index contributed by atoms with van der Waals surface area (Å²) in [7, 11) is 0. The van der Waals surface area contributed by atoms with E-state index in [1.165, 1.54) is 0 Å². The molecule has 1 N–H and O–H groups in total. The zero-order valence-corrected chi connectivity index (χ0v) is 10.0. The number of Topliss-reactive ketones (excluding diaryl/α,β-unsaturated/α-hetero) is 1. The van der Waals surface area contributed by atoms with Crippen LogP contribution in [0.15, 0.2) is 11.4 Å². The Kier molecular flexibility index (Phi) is 3.78. The molecule has 1 fully saturated rings. The minimum absolute atomic E-state index is 0.240. The lowest BCUT2D eigenvalue weighted by Crippen LogP contribution is -2.32. The first kappa shape index (κ1) is 11.1. The van der Waals surface area contributed by atoms with Gasteiger partial charge in [0, 0.05) is 17.2 Å². The molecule has 1 aromatic rings. The summed E-state index contributed by atoms with van der Waals surface area (Å²) in [5, 5.41) is 5.94. The zero-order chi connectivity index (χ0) is 10.7. The minimum atomic E-state index is 0.240. The van der Waals surface area contributed by atoms with Crippen LogP contribution < -0.4 is 5.32 Å². The molecule has 82 valence electrons. The summed E-state index contributed by atoms with van der Waals surface area (Å²) in [6.07, 6.45) is 2.46. The van der Waals surface area contributed by atoms with Crippen molar-refractivity contribution in [2.75, 3.05) is 13.1 Å². The molecule has 0 spiro atoms. The van der Waals surface area contributed by atoms with E-state index in [-0.39, 0.29) is 5.92 Å². The SMILES string of the molecule is O=C(Cc1sccc1Cl)C1CCNCC1. The largest absolute Gasteiger partial charge is 0.317 e. The van der Waals surface area contributed by atoms with Crippen LogP contribution in [-0.2, 0) is 11.2 Å². The standard InChI is InChI=1S/C11H14ClNOS/c12-9-3-6-15-11(9)7-10(14)8-1-4-13-5-2-8/h3,6,8,13H,1-2,4-5,7H2. The van der Waals surface area contributed by atoms with E-state index in [0.29, 0.717) is 12.2 Å². The molecule has 1 aliphatic rings. The van der Waals surface area contributed by atoms with Gasteiger partial charge in [-0.3, -0.25) is 4.79 Å². The van der Waals surface area contributed by atoms with Gasteiger partial charge in [0.15, 0.2) is 0 Å². The maximum Gasteiger partial charge on any atom is 0.141 e. The number of nitrogens with one attached hydrogen (secondary N) is 1. The van der Waals surface area contributed by atoms with Gasteiger partial charge in [-0.15, -0.1) is 11.3 Å². The molecule has 0 aromatic carbocycles. The average Bonchev–Trinajstić information content (AvgIpc) is 2.66. The van der Waals surface area contributed by atoms with Gasteiger partial charge in [-0.05, 0) is 37.4 Å². The lowest BCUT2D eigenvalue weighted by Gasteiger charge is -2.21. The number of rotatable bonds is 3. The van der Waals surface area contributed by atoms with E-state index in [9.17, 15) is 4.79 Å². The number of hydrogen-bond donors (Lipinski definition) is 1. The molecular formula is C11H14ClNOS. The predicted molar refractivity (Wildman–Crippen MR) is 63.6 cm³/mol. The number of halogens is 1. The molecular weight excluding hydrogens is 230 g/mol. The fourth-order valence-corrected chi connectivity index (χ4v) is 3.01. The Morgan fingerprint density at radius 2 is 2.27 bits per heavy atom. The highest BCUT2D eigenvalue weighted by Gasteiger charge is 2.21. The third-order valence-electron chi connectivity index (χ3n) is 2.82. The number of thiophene rings is 1. The van der Waals surface area contributed by atoms with Crippen molar-refractivity contribution in [1.82, 2.24) is 5.32 Å². The van der Waals surface area contributed by atoms with Crippen molar-refractivity contribution in [1.29, 1.82) is 0 Å². The van der Waals surface area contributed by atoms with E-state index in [4.69, 9.17) is 11.6 Å². The summed E-state index contributed by atoms with van der Waals surface area (Å²) < 4.78 is 0. The highest BCUT2D eigenvalue weighted by atomic mass is 35.5. The second kappa shape index (κ2) is 5.10. The number of hydrogen-bond acceptors (Lipinski definition) is 3. The van der Waals surface area contributed by atoms with E-state index in [0.717, 1.165) is 35.8 Å². The molecule has 1 aliphatic heterocycles. The summed E-state index contributed by atoms with van der Waals surface area (Å²) in [5.41, 5.74) is 0. The van der Waals surface area contributed by atoms with Crippen LogP contribution in [0, 0.1) is 5.92 Å². The first-order valence-electron chi connectivity index (χ1n) is 5.22. The number of carbonyl (C=O) groups excluding carboxylic acids is 1. The molecule has 0 bridgehead atoms. The summed E-state index contributed by atoms with van der Waals surface area (Å²) >= 11 is 7.54. The van der Waals surface area contributed by atoms with Crippen molar-refractivity contribution in [3.05, 3.63) is 21.3 Å². The molecule has 2 rings (SSSR count). The van der Waals surface area contributed by atoms with Gasteiger partial charge in [-0.2, -0.15) is 0 Å². The van der Waals surface area contributed by atoms with E-state index in [2.05, 4.69) is 5.32 Å². The Morgan fingerprint density at radius 1 is 1.53 bits per heavy atom. The lowest BCUT2D eigenvalue weighted by atomic mass is 9.92. The molecule has 2 nitrogen and oxygen atoms in total. The van der Waals surface area contributed by atoms with Crippen LogP contribution in [0.2, 0.25) is 5.02 Å². The smallest absolute Gasteiger partial charge is 0.141 e. The number of carbonyl (C=O) groups is 1. The molecule has 4 heteroatoms. The van der Waals surface area contributed by atoms with Gasteiger partial charge in [-0.1, -0.05) is 11.6 Å². The van der Waals surface area contributed by atoms with Crippen LogP contribution >= 0.6 is 22.9 Å². The Balaban J connectivity index is 1.94. The van der Waals surface area contributed by atoms with Gasteiger partial charge in [0.05, 0.1) is 5.02 Å². The van der Waals surface area contributed by atoms with Gasteiger partial charge in [0.25, 0.3) is 0 Å². The van der Waals surface area contributed by atoms with Crippen molar-refractivity contribution in [3.63, 3.8) is 0 Å². The normalized spacial score (nSPS) is 17.9. The summed E-state index contributed by atoms with van der Waals surface area (Å²) in [4.78, 5) is 13.0. The van der Waals surface area contributed by atoms with Crippen LogP contribution in [0.1, 0.15) is 17.7 Å². The van der Waals surface area contributed by atoms with Crippen LogP contribution in [-0.4, -0.2) is 18.9 Å². The number of ketones is 1. The van der Waals surface area contributed by atoms with E-state index >= 15 is 0 Å². The van der Waals surface area contributed by atoms with Gasteiger partial charge in [0.1, 0.15) is 5.78 Å². The predicted octanol–water partition coefficient (Wildman–Crippen LogP) is 2.51. The second-order valence-corrected chi connectivity index (χ2v) is 5.27. The molecule has 0 aliphatic carbocycles. The molecule has 2 heterocycles. The lowest BCUT2D eigenvalue weighted by molar-refractivity contribution is -0.122. The topological polar surface area (TPSA) is 29.1 Å². The minimum Gasteiger partial charge on any atom is -0.317 e. The molecule has 0 saturated carbocycles. The zero-order valence-electron chi connectivity index (χ0n) is 8.46. The maximum atomic E-state index is 11.9. The molecule has 0 atom stereocenters. The van der Waals surface area contributed by atoms with E-state index < -0.39 is 0 Å². The third-order valence-corrected chi connectivity index (χ3v) is 4.21. The van der Waals surface area contributed by atoms with Crippen molar-refractivity contribution >= 4 is 28.7 Å². The highest BCUT2D eigenvalue weighted by molar-refractivity contribution is 7.10. The molecule has 0 radical (unpaired) electrons. The molecule has 1 saturated heterocycles. The van der Waals surface area contributed by atoms with Crippen molar-refractivity contribution in [2.45, 2.75) is 19.3 Å². The third kappa shape index (κ3) is 2.80. The van der Waals surface area contributed by atoms with Gasteiger partial charge < -0.3 is 5.32 Å². The summed E-state index contributed by atoms with van der Waals surface area (Å²) in [6.45, 7) is 1.93. The fourth-order valence-electron chi connectivity index (χ4n) is 1.90. The van der Waals surface area contributed by atoms with E-state index in [1.54, 1.807) is 11.3 Å². The van der Waals surface area contributed by atoms with E-state index in [1.807, 2.05) is 11.4 Å². The average molecular weight is 244 g/mol. The van der Waals surface area contributed by atoms with Gasteiger partial charge in [0.2, 0.25) is 0 Å². The summed E-state index contributed by atoms with van der Waals surface area (Å²) in [6, 6.07) is 1.86.